The molecule has 0 saturated carbocycles. The SMILES string of the molecule is CCn1c(=O)c(=O)n(CC(=O)NCc2cccc(F)c2)c2ccccc21. The third-order valence-corrected chi connectivity index (χ3v) is 4.13. The molecular formula is C19H18FN3O3. The van der Waals surface area contributed by atoms with Gasteiger partial charge in [0, 0.05) is 13.1 Å². The summed E-state index contributed by atoms with van der Waals surface area (Å²) >= 11 is 0. The van der Waals surface area contributed by atoms with Gasteiger partial charge in [0.1, 0.15) is 12.4 Å². The molecular weight excluding hydrogens is 337 g/mol. The molecule has 1 aromatic heterocycles. The van der Waals surface area contributed by atoms with Gasteiger partial charge in [0.2, 0.25) is 5.91 Å². The van der Waals surface area contributed by atoms with Gasteiger partial charge in [-0.1, -0.05) is 24.3 Å². The predicted octanol–water partition coefficient (Wildman–Crippen LogP) is 1.64. The number of amides is 1. The molecule has 3 rings (SSSR count). The number of carbonyl (C=O) groups is 1. The van der Waals surface area contributed by atoms with Crippen LogP contribution in [-0.4, -0.2) is 15.0 Å². The number of nitrogens with one attached hydrogen (secondary N) is 1. The van der Waals surface area contributed by atoms with Gasteiger partial charge in [0.25, 0.3) is 0 Å². The minimum atomic E-state index is -0.744. The fraction of sp³-hybridized carbons (Fsp3) is 0.211. The molecule has 1 amide bonds. The van der Waals surface area contributed by atoms with Crippen molar-refractivity contribution in [3.63, 3.8) is 0 Å². The first-order chi connectivity index (χ1) is 12.5. The van der Waals surface area contributed by atoms with Crippen LogP contribution in [0.3, 0.4) is 0 Å². The lowest BCUT2D eigenvalue weighted by molar-refractivity contribution is -0.121. The van der Waals surface area contributed by atoms with E-state index in [2.05, 4.69) is 5.32 Å². The van der Waals surface area contributed by atoms with E-state index >= 15 is 0 Å². The molecule has 0 atom stereocenters. The molecule has 0 bridgehead atoms. The number of rotatable bonds is 5. The summed E-state index contributed by atoms with van der Waals surface area (Å²) in [5.74, 6) is -0.822. The van der Waals surface area contributed by atoms with Crippen molar-refractivity contribution in [3.8, 4) is 0 Å². The van der Waals surface area contributed by atoms with Crippen LogP contribution in [0.4, 0.5) is 4.39 Å². The van der Waals surface area contributed by atoms with Crippen LogP contribution in [-0.2, 0) is 24.4 Å². The van der Waals surface area contributed by atoms with Gasteiger partial charge >= 0.3 is 11.1 Å². The first-order valence-electron chi connectivity index (χ1n) is 8.24. The van der Waals surface area contributed by atoms with Crippen molar-refractivity contribution in [3.05, 3.63) is 80.6 Å². The first-order valence-corrected chi connectivity index (χ1v) is 8.24. The topological polar surface area (TPSA) is 73.1 Å². The molecule has 0 radical (unpaired) electrons. The molecule has 0 aliphatic rings. The molecule has 7 heteroatoms. The van der Waals surface area contributed by atoms with Crippen molar-refractivity contribution >= 4 is 16.9 Å². The Kier molecular flexibility index (Phi) is 4.97. The van der Waals surface area contributed by atoms with E-state index in [0.29, 0.717) is 23.1 Å². The van der Waals surface area contributed by atoms with Gasteiger partial charge < -0.3 is 9.88 Å². The number of aryl methyl sites for hydroxylation is 1. The van der Waals surface area contributed by atoms with Gasteiger partial charge in [-0.15, -0.1) is 0 Å². The summed E-state index contributed by atoms with van der Waals surface area (Å²) in [5, 5.41) is 2.64. The summed E-state index contributed by atoms with van der Waals surface area (Å²) < 4.78 is 15.7. The Balaban J connectivity index is 1.89. The second-order valence-corrected chi connectivity index (χ2v) is 5.84. The highest BCUT2D eigenvalue weighted by molar-refractivity contribution is 5.80. The molecule has 0 fully saturated rings. The maximum atomic E-state index is 13.2. The molecule has 0 aliphatic carbocycles. The lowest BCUT2D eigenvalue weighted by Gasteiger charge is -2.14. The normalized spacial score (nSPS) is 10.8. The van der Waals surface area contributed by atoms with Crippen LogP contribution >= 0.6 is 0 Å². The molecule has 0 aliphatic heterocycles. The Hall–Kier alpha value is -3.22. The second kappa shape index (κ2) is 7.35. The summed E-state index contributed by atoms with van der Waals surface area (Å²) in [6, 6.07) is 12.8. The Morgan fingerprint density at radius 1 is 1.00 bits per heavy atom. The van der Waals surface area contributed by atoms with Crippen LogP contribution in [0.15, 0.2) is 58.1 Å². The molecule has 1 heterocycles. The number of hydrogen-bond donors (Lipinski definition) is 1. The van der Waals surface area contributed by atoms with Crippen LogP contribution in [0.1, 0.15) is 12.5 Å². The van der Waals surface area contributed by atoms with Gasteiger partial charge in [0.05, 0.1) is 11.0 Å². The van der Waals surface area contributed by atoms with Crippen molar-refractivity contribution in [2.75, 3.05) is 0 Å². The van der Waals surface area contributed by atoms with Crippen molar-refractivity contribution in [2.45, 2.75) is 26.6 Å². The third-order valence-electron chi connectivity index (χ3n) is 4.13. The van der Waals surface area contributed by atoms with Gasteiger partial charge in [-0.2, -0.15) is 0 Å². The van der Waals surface area contributed by atoms with E-state index in [9.17, 15) is 18.8 Å². The van der Waals surface area contributed by atoms with E-state index in [1.807, 2.05) is 0 Å². The van der Waals surface area contributed by atoms with Gasteiger partial charge in [-0.3, -0.25) is 19.0 Å². The number of halogens is 1. The summed E-state index contributed by atoms with van der Waals surface area (Å²) in [4.78, 5) is 37.0. The van der Waals surface area contributed by atoms with E-state index in [1.54, 1.807) is 43.3 Å². The minimum Gasteiger partial charge on any atom is -0.350 e. The van der Waals surface area contributed by atoms with Crippen LogP contribution in [0.2, 0.25) is 0 Å². The van der Waals surface area contributed by atoms with Gasteiger partial charge in [0.15, 0.2) is 0 Å². The zero-order valence-electron chi connectivity index (χ0n) is 14.2. The minimum absolute atomic E-state index is 0.134. The fourth-order valence-electron chi connectivity index (χ4n) is 2.89. The van der Waals surface area contributed by atoms with E-state index in [1.165, 1.54) is 21.3 Å². The molecule has 3 aromatic rings. The standard InChI is InChI=1S/C19H18FN3O3/c1-2-22-15-8-3-4-9-16(15)23(19(26)18(22)25)12-17(24)21-11-13-6-5-7-14(20)10-13/h3-10H,2,11-12H2,1H3,(H,21,24). The van der Waals surface area contributed by atoms with E-state index in [4.69, 9.17) is 0 Å². The maximum absolute atomic E-state index is 13.2. The fourth-order valence-corrected chi connectivity index (χ4v) is 2.89. The Morgan fingerprint density at radius 3 is 2.31 bits per heavy atom. The Morgan fingerprint density at radius 2 is 1.65 bits per heavy atom. The summed E-state index contributed by atoms with van der Waals surface area (Å²) in [6.07, 6.45) is 0. The van der Waals surface area contributed by atoms with Crippen LogP contribution in [0.25, 0.3) is 11.0 Å². The smallest absolute Gasteiger partial charge is 0.317 e. The third kappa shape index (κ3) is 3.42. The lowest BCUT2D eigenvalue weighted by atomic mass is 10.2. The van der Waals surface area contributed by atoms with Crippen LogP contribution in [0.5, 0.6) is 0 Å². The van der Waals surface area contributed by atoms with Crippen LogP contribution < -0.4 is 16.4 Å². The molecule has 0 saturated heterocycles. The number of fused-ring (bicyclic) bond motifs is 1. The molecule has 1 N–H and O–H groups in total. The van der Waals surface area contributed by atoms with E-state index in [0.717, 1.165) is 0 Å². The zero-order valence-corrected chi connectivity index (χ0v) is 14.2. The highest BCUT2D eigenvalue weighted by atomic mass is 19.1. The first kappa shape index (κ1) is 17.6. The molecule has 2 aromatic carbocycles. The Labute approximate surface area is 148 Å². The second-order valence-electron chi connectivity index (χ2n) is 5.84. The largest absolute Gasteiger partial charge is 0.350 e. The van der Waals surface area contributed by atoms with Gasteiger partial charge in [-0.25, -0.2) is 4.39 Å². The zero-order chi connectivity index (χ0) is 18.7. The highest BCUT2D eigenvalue weighted by Gasteiger charge is 2.14. The van der Waals surface area contributed by atoms with E-state index in [-0.39, 0.29) is 18.9 Å². The monoisotopic (exact) mass is 355 g/mol. The van der Waals surface area contributed by atoms with E-state index < -0.39 is 17.0 Å². The number of aromatic nitrogens is 2. The van der Waals surface area contributed by atoms with Crippen molar-refractivity contribution in [1.82, 2.24) is 14.5 Å². The summed E-state index contributed by atoms with van der Waals surface area (Å²) in [7, 11) is 0. The van der Waals surface area contributed by atoms with Crippen molar-refractivity contribution in [1.29, 1.82) is 0 Å². The molecule has 134 valence electrons. The molecule has 0 unspecified atom stereocenters. The predicted molar refractivity (Wildman–Crippen MR) is 96.4 cm³/mol. The van der Waals surface area contributed by atoms with Crippen molar-refractivity contribution in [2.24, 2.45) is 0 Å². The average molecular weight is 355 g/mol. The molecule has 26 heavy (non-hydrogen) atoms. The average Bonchev–Trinajstić information content (AvgIpc) is 2.64. The quantitative estimate of drug-likeness (QED) is 0.707. The Bertz CT molecular complexity index is 1090. The maximum Gasteiger partial charge on any atom is 0.317 e. The summed E-state index contributed by atoms with van der Waals surface area (Å²) in [5.41, 5.74) is 0.310. The number of hydrogen-bond acceptors (Lipinski definition) is 3. The number of benzene rings is 2. The molecule has 6 nitrogen and oxygen atoms in total. The number of carbonyl (C=O) groups excluding carboxylic acids is 1. The van der Waals surface area contributed by atoms with Crippen molar-refractivity contribution < 1.29 is 9.18 Å². The number of nitrogens with zero attached hydrogens (tertiary/aromatic N) is 2. The van der Waals surface area contributed by atoms with Gasteiger partial charge in [-0.05, 0) is 36.8 Å². The number of para-hydroxylation sites is 2. The lowest BCUT2D eigenvalue weighted by Crippen LogP contribution is -2.43. The highest BCUT2D eigenvalue weighted by Crippen LogP contribution is 2.10. The molecule has 0 spiro atoms. The van der Waals surface area contributed by atoms with Crippen LogP contribution in [0, 0.1) is 5.82 Å². The summed E-state index contributed by atoms with van der Waals surface area (Å²) in [6.45, 7) is 1.99.